The van der Waals surface area contributed by atoms with Gasteiger partial charge in [0.15, 0.2) is 6.19 Å². The first-order valence-corrected chi connectivity index (χ1v) is 10.7. The lowest BCUT2D eigenvalue weighted by Gasteiger charge is -2.27. The zero-order chi connectivity index (χ0) is 23.0. The molecule has 8 heteroatoms. The van der Waals surface area contributed by atoms with Gasteiger partial charge in [0.05, 0.1) is 0 Å². The number of benzene rings is 1. The number of nitrogens with one attached hydrogen (secondary N) is 1. The van der Waals surface area contributed by atoms with E-state index in [4.69, 9.17) is 10.00 Å². The molecule has 0 heterocycles. The molecule has 0 saturated heterocycles. The minimum absolute atomic E-state index is 0.247. The summed E-state index contributed by atoms with van der Waals surface area (Å²) in [6, 6.07) is 5.68. The Kier molecular flexibility index (Phi) is 8.43. The molecule has 1 saturated carbocycles. The summed E-state index contributed by atoms with van der Waals surface area (Å²) in [4.78, 5) is 39.9. The largest absolute Gasteiger partial charge is 0.444 e. The molecule has 1 N–H and O–H groups in total. The second-order valence-corrected chi connectivity index (χ2v) is 8.90. The van der Waals surface area contributed by atoms with Crippen LogP contribution < -0.4 is 5.32 Å². The maximum atomic E-state index is 13.2. The highest BCUT2D eigenvalue weighted by Crippen LogP contribution is 2.27. The number of rotatable bonds is 5. The molecule has 31 heavy (non-hydrogen) atoms. The number of anilines is 1. The molecule has 1 aromatic rings. The number of hydrogen-bond donors (Lipinski definition) is 1. The van der Waals surface area contributed by atoms with E-state index in [1.807, 2.05) is 0 Å². The Morgan fingerprint density at radius 2 is 1.87 bits per heavy atom. The van der Waals surface area contributed by atoms with E-state index in [0.717, 1.165) is 22.6 Å². The molecule has 8 nitrogen and oxygen atoms in total. The molecular formula is C23H32N4O4. The maximum Gasteiger partial charge on any atom is 0.412 e. The summed E-state index contributed by atoms with van der Waals surface area (Å²) in [7, 11) is 1.34. The van der Waals surface area contributed by atoms with Crippen molar-refractivity contribution in [1.82, 2.24) is 9.80 Å². The number of ether oxygens (including phenoxy) is 1. The quantitative estimate of drug-likeness (QED) is 0.526. The number of imide groups is 1. The lowest BCUT2D eigenvalue weighted by atomic mass is 9.87. The molecule has 1 aromatic carbocycles. The molecule has 0 aliphatic heterocycles. The fourth-order valence-electron chi connectivity index (χ4n) is 3.60. The van der Waals surface area contributed by atoms with Gasteiger partial charge in [0.1, 0.15) is 5.60 Å². The van der Waals surface area contributed by atoms with Crippen LogP contribution in [-0.2, 0) is 4.74 Å². The molecule has 168 valence electrons. The highest BCUT2D eigenvalue weighted by Gasteiger charge is 2.27. The predicted molar refractivity (Wildman–Crippen MR) is 117 cm³/mol. The Balaban J connectivity index is 2.16. The zero-order valence-corrected chi connectivity index (χ0v) is 18.8. The van der Waals surface area contributed by atoms with E-state index >= 15 is 0 Å². The number of carbonyl (C=O) groups excluding carboxylic acids is 3. The summed E-state index contributed by atoms with van der Waals surface area (Å²) in [5, 5.41) is 11.7. The van der Waals surface area contributed by atoms with Crippen molar-refractivity contribution in [3.05, 3.63) is 29.8 Å². The molecular weight excluding hydrogens is 396 g/mol. The predicted octanol–water partition coefficient (Wildman–Crippen LogP) is 4.98. The molecule has 0 radical (unpaired) electrons. The Hall–Kier alpha value is -3.08. The lowest BCUT2D eigenvalue weighted by Crippen LogP contribution is -2.44. The minimum atomic E-state index is -0.659. The number of hydrogen-bond acceptors (Lipinski definition) is 5. The van der Waals surface area contributed by atoms with Gasteiger partial charge in [0.25, 0.3) is 5.91 Å². The average molecular weight is 429 g/mol. The lowest BCUT2D eigenvalue weighted by molar-refractivity contribution is 0.0634. The summed E-state index contributed by atoms with van der Waals surface area (Å²) < 4.78 is 5.24. The standard InChI is InChI=1S/C23H32N4O4/c1-23(2,3)31-21(29)25-19-12-8-11-18(15-19)20(28)27(22(30)26(4)16-24)14-13-17-9-6-5-7-10-17/h8,11-12,15,17H,5-7,9-10,13-14H2,1-4H3,(H,25,29). The molecule has 1 fully saturated rings. The van der Waals surface area contributed by atoms with Crippen molar-refractivity contribution in [3.63, 3.8) is 0 Å². The van der Waals surface area contributed by atoms with Gasteiger partial charge in [-0.05, 0) is 51.3 Å². The van der Waals surface area contributed by atoms with Crippen LogP contribution in [0.3, 0.4) is 0 Å². The van der Waals surface area contributed by atoms with Crippen LogP contribution in [-0.4, -0.2) is 47.0 Å². The number of urea groups is 1. The first kappa shape index (κ1) is 24.2. The summed E-state index contributed by atoms with van der Waals surface area (Å²) in [5.74, 6) is -0.0276. The van der Waals surface area contributed by atoms with Crippen molar-refractivity contribution < 1.29 is 19.1 Å². The van der Waals surface area contributed by atoms with E-state index in [1.165, 1.54) is 32.4 Å². The second-order valence-electron chi connectivity index (χ2n) is 8.90. The van der Waals surface area contributed by atoms with Crippen molar-refractivity contribution in [1.29, 1.82) is 5.26 Å². The maximum absolute atomic E-state index is 13.2. The Bertz CT molecular complexity index is 835. The molecule has 1 aliphatic carbocycles. The molecule has 0 atom stereocenters. The number of nitriles is 1. The van der Waals surface area contributed by atoms with Gasteiger partial charge >= 0.3 is 12.1 Å². The van der Waals surface area contributed by atoms with Gasteiger partial charge in [-0.15, -0.1) is 0 Å². The first-order valence-electron chi connectivity index (χ1n) is 10.7. The molecule has 0 spiro atoms. The van der Waals surface area contributed by atoms with Gasteiger partial charge in [-0.2, -0.15) is 5.26 Å². The zero-order valence-electron chi connectivity index (χ0n) is 18.8. The fourth-order valence-corrected chi connectivity index (χ4v) is 3.60. The van der Waals surface area contributed by atoms with E-state index in [-0.39, 0.29) is 12.1 Å². The minimum Gasteiger partial charge on any atom is -0.444 e. The van der Waals surface area contributed by atoms with E-state index in [1.54, 1.807) is 45.2 Å². The average Bonchev–Trinajstić information content (AvgIpc) is 2.72. The van der Waals surface area contributed by atoms with Crippen LogP contribution in [0.25, 0.3) is 0 Å². The third-order valence-corrected chi connectivity index (χ3v) is 5.15. The summed E-state index contributed by atoms with van der Waals surface area (Å²) in [6.45, 7) is 5.52. The van der Waals surface area contributed by atoms with Crippen LogP contribution in [0.4, 0.5) is 15.3 Å². The highest BCUT2D eigenvalue weighted by atomic mass is 16.6. The van der Waals surface area contributed by atoms with Crippen LogP contribution in [0.5, 0.6) is 0 Å². The Morgan fingerprint density at radius 1 is 1.19 bits per heavy atom. The smallest absolute Gasteiger partial charge is 0.412 e. The normalized spacial score (nSPS) is 14.3. The van der Waals surface area contributed by atoms with Gasteiger partial charge in [-0.1, -0.05) is 38.2 Å². The topological polar surface area (TPSA) is 103 Å². The molecule has 0 aromatic heterocycles. The SMILES string of the molecule is CN(C#N)C(=O)N(CCC1CCCCC1)C(=O)c1cccc(NC(=O)OC(C)(C)C)c1. The van der Waals surface area contributed by atoms with Gasteiger partial charge in [0, 0.05) is 24.8 Å². The van der Waals surface area contributed by atoms with Crippen molar-refractivity contribution in [2.24, 2.45) is 5.92 Å². The van der Waals surface area contributed by atoms with Gasteiger partial charge in [-0.3, -0.25) is 15.0 Å². The summed E-state index contributed by atoms with van der Waals surface area (Å²) >= 11 is 0. The van der Waals surface area contributed by atoms with Gasteiger partial charge in [-0.25, -0.2) is 14.5 Å². The van der Waals surface area contributed by atoms with Gasteiger partial charge < -0.3 is 4.74 Å². The van der Waals surface area contributed by atoms with E-state index in [9.17, 15) is 14.4 Å². The monoisotopic (exact) mass is 428 g/mol. The third kappa shape index (κ3) is 7.59. The second kappa shape index (κ2) is 10.8. The van der Waals surface area contributed by atoms with Crippen LogP contribution in [0.1, 0.15) is 69.7 Å². The number of amides is 4. The number of carbonyl (C=O) groups is 3. The van der Waals surface area contributed by atoms with Crippen molar-refractivity contribution in [2.45, 2.75) is 64.9 Å². The van der Waals surface area contributed by atoms with Crippen molar-refractivity contribution >= 4 is 23.7 Å². The Morgan fingerprint density at radius 3 is 2.48 bits per heavy atom. The third-order valence-electron chi connectivity index (χ3n) is 5.15. The summed E-state index contributed by atoms with van der Waals surface area (Å²) in [5.41, 5.74) is -0.0211. The van der Waals surface area contributed by atoms with E-state index < -0.39 is 23.6 Å². The van der Waals surface area contributed by atoms with Crippen molar-refractivity contribution in [2.75, 3.05) is 18.9 Å². The van der Waals surface area contributed by atoms with Crippen LogP contribution in [0, 0.1) is 17.4 Å². The van der Waals surface area contributed by atoms with E-state index in [2.05, 4.69) is 5.32 Å². The Labute approximate surface area is 184 Å². The van der Waals surface area contributed by atoms with Crippen LogP contribution in [0.15, 0.2) is 24.3 Å². The van der Waals surface area contributed by atoms with E-state index in [0.29, 0.717) is 18.0 Å². The molecule has 1 aliphatic rings. The molecule has 0 bridgehead atoms. The van der Waals surface area contributed by atoms with Gasteiger partial charge in [0.2, 0.25) is 0 Å². The fraction of sp³-hybridized carbons (Fsp3) is 0.565. The van der Waals surface area contributed by atoms with Crippen LogP contribution in [0.2, 0.25) is 0 Å². The van der Waals surface area contributed by atoms with Crippen LogP contribution >= 0.6 is 0 Å². The molecule has 2 rings (SSSR count). The molecule has 4 amide bonds. The highest BCUT2D eigenvalue weighted by molar-refractivity contribution is 6.05. The van der Waals surface area contributed by atoms with Crippen molar-refractivity contribution in [3.8, 4) is 6.19 Å². The first-order chi connectivity index (χ1) is 14.6. The summed E-state index contributed by atoms with van der Waals surface area (Å²) in [6.07, 6.45) is 7.61. The number of nitrogens with zero attached hydrogens (tertiary/aromatic N) is 3. The molecule has 0 unspecified atom stereocenters.